The first-order chi connectivity index (χ1) is 16.2. The van der Waals surface area contributed by atoms with Gasteiger partial charge in [0, 0.05) is 55.3 Å². The number of para-hydroxylation sites is 1. The normalized spacial score (nSPS) is 18.1. The third-order valence-electron chi connectivity index (χ3n) is 6.81. The van der Waals surface area contributed by atoms with E-state index in [1.165, 1.54) is 6.42 Å². The first-order valence-electron chi connectivity index (χ1n) is 12.0. The van der Waals surface area contributed by atoms with E-state index < -0.39 is 0 Å². The van der Waals surface area contributed by atoms with Crippen LogP contribution in [0.3, 0.4) is 0 Å². The van der Waals surface area contributed by atoms with Crippen LogP contribution in [-0.2, 0) is 11.2 Å². The summed E-state index contributed by atoms with van der Waals surface area (Å²) in [5, 5.41) is 3.48. The number of aromatic amines is 1. The molecule has 1 unspecified atom stereocenters. The van der Waals surface area contributed by atoms with Gasteiger partial charge >= 0.3 is 0 Å². The smallest absolute Gasteiger partial charge is 0.222 e. The van der Waals surface area contributed by atoms with Gasteiger partial charge in [-0.15, -0.1) is 0 Å². The molecule has 2 aromatic heterocycles. The number of nitrogens with zero attached hydrogens (tertiary/aromatic N) is 2. The Morgan fingerprint density at radius 1 is 1.03 bits per heavy atom. The molecule has 1 saturated heterocycles. The van der Waals surface area contributed by atoms with E-state index in [9.17, 15) is 9.59 Å². The van der Waals surface area contributed by atoms with Crippen LogP contribution in [0.15, 0.2) is 54.9 Å². The lowest BCUT2D eigenvalue weighted by Crippen LogP contribution is -2.36. The van der Waals surface area contributed by atoms with E-state index in [-0.39, 0.29) is 17.6 Å². The number of likely N-dealkylation sites (tertiary alicyclic amines) is 1. The first kappa shape index (κ1) is 21.4. The highest BCUT2D eigenvalue weighted by molar-refractivity contribution is 6.07. The predicted octanol–water partition coefficient (Wildman–Crippen LogP) is 5.36. The van der Waals surface area contributed by atoms with Crippen molar-refractivity contribution in [3.63, 3.8) is 0 Å². The minimum atomic E-state index is 0.140. The van der Waals surface area contributed by atoms with Gasteiger partial charge in [0.1, 0.15) is 0 Å². The number of pyridine rings is 1. The maximum absolute atomic E-state index is 13.3. The number of anilines is 2. The van der Waals surface area contributed by atoms with Crippen LogP contribution in [0.25, 0.3) is 11.3 Å². The topological polar surface area (TPSA) is 78.1 Å². The number of aromatic nitrogens is 2. The Balaban J connectivity index is 1.38. The van der Waals surface area contributed by atoms with E-state index in [4.69, 9.17) is 0 Å². The summed E-state index contributed by atoms with van der Waals surface area (Å²) in [5.74, 6) is 0.567. The number of hydrogen-bond acceptors (Lipinski definition) is 4. The summed E-state index contributed by atoms with van der Waals surface area (Å²) in [6.07, 6.45) is 9.50. The van der Waals surface area contributed by atoms with E-state index in [1.54, 1.807) is 12.4 Å². The van der Waals surface area contributed by atoms with Crippen molar-refractivity contribution in [2.45, 2.75) is 44.9 Å². The Bertz CT molecular complexity index is 1120. The molecule has 3 aromatic rings. The largest absolute Gasteiger partial charge is 0.356 e. The number of ketones is 1. The average molecular weight is 443 g/mol. The number of carbonyl (C=O) groups is 2. The molecule has 2 N–H and O–H groups in total. The number of rotatable bonds is 6. The molecule has 5 rings (SSSR count). The molecule has 6 nitrogen and oxygen atoms in total. The van der Waals surface area contributed by atoms with Gasteiger partial charge in [0.2, 0.25) is 5.91 Å². The predicted molar refractivity (Wildman–Crippen MR) is 130 cm³/mol. The fourth-order valence-electron chi connectivity index (χ4n) is 5.10. The molecule has 3 heterocycles. The summed E-state index contributed by atoms with van der Waals surface area (Å²) in [5.41, 5.74) is 5.38. The van der Waals surface area contributed by atoms with Crippen molar-refractivity contribution in [3.8, 4) is 11.3 Å². The zero-order chi connectivity index (χ0) is 22.6. The van der Waals surface area contributed by atoms with Gasteiger partial charge in [-0.3, -0.25) is 14.6 Å². The van der Waals surface area contributed by atoms with Crippen LogP contribution in [-0.4, -0.2) is 39.6 Å². The summed E-state index contributed by atoms with van der Waals surface area (Å²) in [7, 11) is 0. The van der Waals surface area contributed by atoms with E-state index in [0.29, 0.717) is 12.8 Å². The number of carbonyl (C=O) groups excluding carboxylic acids is 2. The van der Waals surface area contributed by atoms with E-state index in [0.717, 1.165) is 72.7 Å². The molecule has 33 heavy (non-hydrogen) atoms. The summed E-state index contributed by atoms with van der Waals surface area (Å²) < 4.78 is 0. The van der Waals surface area contributed by atoms with Crippen LogP contribution < -0.4 is 5.32 Å². The molecule has 2 aliphatic rings. The minimum absolute atomic E-state index is 0.140. The van der Waals surface area contributed by atoms with Gasteiger partial charge in [0.15, 0.2) is 5.78 Å². The van der Waals surface area contributed by atoms with Crippen LogP contribution >= 0.6 is 0 Å². The average Bonchev–Trinajstić information content (AvgIpc) is 3.23. The Labute approximate surface area is 194 Å². The third-order valence-corrected chi connectivity index (χ3v) is 6.81. The zero-order valence-electron chi connectivity index (χ0n) is 18.8. The molecule has 0 bridgehead atoms. The number of hydrogen-bond donors (Lipinski definition) is 2. The SMILES string of the molecule is O=C1CC(CCC(=O)N2CCCCC2)Cc2[nH]c(-c3ccncc3)c(Nc3ccccc3)c21. The molecular formula is C27H30N4O2. The number of nitrogens with one attached hydrogen (secondary N) is 2. The highest BCUT2D eigenvalue weighted by atomic mass is 16.2. The number of fused-ring (bicyclic) bond motifs is 1. The van der Waals surface area contributed by atoms with Gasteiger partial charge in [0.25, 0.3) is 0 Å². The second kappa shape index (κ2) is 9.61. The first-order valence-corrected chi connectivity index (χ1v) is 12.0. The maximum Gasteiger partial charge on any atom is 0.222 e. The third kappa shape index (κ3) is 4.70. The molecule has 1 atom stereocenters. The van der Waals surface area contributed by atoms with Crippen molar-refractivity contribution >= 4 is 23.1 Å². The number of H-pyrrole nitrogens is 1. The minimum Gasteiger partial charge on any atom is -0.356 e. The molecule has 1 aliphatic carbocycles. The van der Waals surface area contributed by atoms with Gasteiger partial charge in [0.05, 0.1) is 16.9 Å². The fraction of sp³-hybridized carbons (Fsp3) is 0.370. The van der Waals surface area contributed by atoms with Crippen molar-refractivity contribution in [3.05, 3.63) is 66.1 Å². The molecule has 1 aliphatic heterocycles. The quantitative estimate of drug-likeness (QED) is 0.539. The second-order valence-corrected chi connectivity index (χ2v) is 9.13. The molecule has 0 spiro atoms. The summed E-state index contributed by atoms with van der Waals surface area (Å²) >= 11 is 0. The number of piperidine rings is 1. The molecule has 1 fully saturated rings. The van der Waals surface area contributed by atoms with Crippen molar-refractivity contribution < 1.29 is 9.59 Å². The van der Waals surface area contributed by atoms with Gasteiger partial charge < -0.3 is 15.2 Å². The molecule has 0 radical (unpaired) electrons. The molecule has 6 heteroatoms. The van der Waals surface area contributed by atoms with Crippen molar-refractivity contribution in [2.24, 2.45) is 5.92 Å². The Hall–Kier alpha value is -3.41. The monoisotopic (exact) mass is 442 g/mol. The fourth-order valence-corrected chi connectivity index (χ4v) is 5.10. The molecule has 170 valence electrons. The lowest BCUT2D eigenvalue weighted by molar-refractivity contribution is -0.132. The standard InChI is InChI=1S/C27H30N4O2/c32-23-18-19(9-10-24(33)31-15-5-2-6-16-31)17-22-25(23)27(29-21-7-3-1-4-8-21)26(30-22)20-11-13-28-14-12-20/h1,3-4,7-8,11-14,19,29-30H,2,5-6,9-10,15-18H2. The zero-order valence-corrected chi connectivity index (χ0v) is 18.8. The van der Waals surface area contributed by atoms with E-state index >= 15 is 0 Å². The lowest BCUT2D eigenvalue weighted by atomic mass is 9.83. The van der Waals surface area contributed by atoms with Crippen LogP contribution in [0, 0.1) is 5.92 Å². The highest BCUT2D eigenvalue weighted by Crippen LogP contribution is 2.40. The van der Waals surface area contributed by atoms with Gasteiger partial charge in [-0.25, -0.2) is 0 Å². The van der Waals surface area contributed by atoms with E-state index in [2.05, 4.69) is 15.3 Å². The van der Waals surface area contributed by atoms with Gasteiger partial charge in [-0.2, -0.15) is 0 Å². The second-order valence-electron chi connectivity index (χ2n) is 9.13. The van der Waals surface area contributed by atoms with Crippen LogP contribution in [0.4, 0.5) is 11.4 Å². The van der Waals surface area contributed by atoms with Crippen molar-refractivity contribution in [1.82, 2.24) is 14.9 Å². The van der Waals surface area contributed by atoms with Crippen molar-refractivity contribution in [2.75, 3.05) is 18.4 Å². The summed E-state index contributed by atoms with van der Waals surface area (Å²) in [6, 6.07) is 13.8. The van der Waals surface area contributed by atoms with Crippen LogP contribution in [0.1, 0.15) is 54.6 Å². The molecular weight excluding hydrogens is 412 g/mol. The van der Waals surface area contributed by atoms with Gasteiger partial charge in [-0.1, -0.05) is 18.2 Å². The number of benzene rings is 1. The van der Waals surface area contributed by atoms with Crippen LogP contribution in [0.5, 0.6) is 0 Å². The Kier molecular flexibility index (Phi) is 6.24. The number of amides is 1. The Morgan fingerprint density at radius 3 is 2.55 bits per heavy atom. The maximum atomic E-state index is 13.3. The highest BCUT2D eigenvalue weighted by Gasteiger charge is 2.32. The summed E-state index contributed by atoms with van der Waals surface area (Å²) in [4.78, 5) is 35.6. The molecule has 0 saturated carbocycles. The number of Topliss-reactive ketones (excluding diaryl/α,β-unsaturated/α-hetero) is 1. The van der Waals surface area contributed by atoms with Gasteiger partial charge in [-0.05, 0) is 62.3 Å². The summed E-state index contributed by atoms with van der Waals surface area (Å²) in [6.45, 7) is 1.76. The molecule has 1 aromatic carbocycles. The van der Waals surface area contributed by atoms with Crippen molar-refractivity contribution in [1.29, 1.82) is 0 Å². The Morgan fingerprint density at radius 2 is 1.79 bits per heavy atom. The molecule has 1 amide bonds. The van der Waals surface area contributed by atoms with Crippen LogP contribution in [0.2, 0.25) is 0 Å². The van der Waals surface area contributed by atoms with E-state index in [1.807, 2.05) is 47.4 Å². The lowest BCUT2D eigenvalue weighted by Gasteiger charge is -2.28.